The molecule has 1 aliphatic rings. The fourth-order valence-corrected chi connectivity index (χ4v) is 2.92. The van der Waals surface area contributed by atoms with E-state index in [1.807, 2.05) is 0 Å². The molecular formula is C17H28N2. The van der Waals surface area contributed by atoms with Crippen molar-refractivity contribution in [2.45, 2.75) is 46.7 Å². The zero-order chi connectivity index (χ0) is 13.8. The molecule has 0 bridgehead atoms. The van der Waals surface area contributed by atoms with E-state index in [0.717, 1.165) is 25.6 Å². The van der Waals surface area contributed by atoms with E-state index in [4.69, 9.17) is 0 Å². The molecule has 0 spiro atoms. The van der Waals surface area contributed by atoms with Crippen LogP contribution in [0, 0.1) is 19.8 Å². The van der Waals surface area contributed by atoms with Crippen molar-refractivity contribution < 1.29 is 0 Å². The monoisotopic (exact) mass is 260 g/mol. The number of rotatable bonds is 4. The molecular weight excluding hydrogens is 232 g/mol. The zero-order valence-electron chi connectivity index (χ0n) is 12.9. The van der Waals surface area contributed by atoms with Crippen LogP contribution >= 0.6 is 0 Å². The van der Waals surface area contributed by atoms with Crippen molar-refractivity contribution in [2.75, 3.05) is 19.6 Å². The van der Waals surface area contributed by atoms with Crippen LogP contribution in [0.15, 0.2) is 18.2 Å². The molecule has 0 amide bonds. The third-order valence-corrected chi connectivity index (χ3v) is 4.17. The van der Waals surface area contributed by atoms with Crippen LogP contribution in [0.3, 0.4) is 0 Å². The lowest BCUT2D eigenvalue weighted by Crippen LogP contribution is -2.51. The van der Waals surface area contributed by atoms with Gasteiger partial charge in [0, 0.05) is 32.2 Å². The summed E-state index contributed by atoms with van der Waals surface area (Å²) < 4.78 is 0. The van der Waals surface area contributed by atoms with Crippen LogP contribution in [0.4, 0.5) is 0 Å². The molecule has 19 heavy (non-hydrogen) atoms. The quantitative estimate of drug-likeness (QED) is 0.895. The van der Waals surface area contributed by atoms with Crippen molar-refractivity contribution in [1.82, 2.24) is 10.2 Å². The summed E-state index contributed by atoms with van der Waals surface area (Å²) in [5, 5.41) is 3.53. The molecule has 1 saturated heterocycles. The second kappa shape index (κ2) is 6.53. The molecule has 1 heterocycles. The molecule has 0 aliphatic carbocycles. The lowest BCUT2D eigenvalue weighted by Gasteiger charge is -2.37. The van der Waals surface area contributed by atoms with Gasteiger partial charge in [-0.15, -0.1) is 0 Å². The first-order valence-electron chi connectivity index (χ1n) is 7.57. The van der Waals surface area contributed by atoms with Gasteiger partial charge in [0.15, 0.2) is 0 Å². The van der Waals surface area contributed by atoms with Crippen LogP contribution < -0.4 is 5.32 Å². The van der Waals surface area contributed by atoms with Gasteiger partial charge in [0.2, 0.25) is 0 Å². The van der Waals surface area contributed by atoms with Crippen LogP contribution in [0.2, 0.25) is 0 Å². The number of nitrogens with one attached hydrogen (secondary N) is 1. The van der Waals surface area contributed by atoms with Gasteiger partial charge in [-0.25, -0.2) is 0 Å². The van der Waals surface area contributed by atoms with E-state index in [2.05, 4.69) is 56.1 Å². The van der Waals surface area contributed by atoms with E-state index in [0.29, 0.717) is 6.04 Å². The van der Waals surface area contributed by atoms with Gasteiger partial charge in [0.05, 0.1) is 0 Å². The number of benzene rings is 1. The first-order valence-corrected chi connectivity index (χ1v) is 7.57. The molecule has 1 unspecified atom stereocenters. The van der Waals surface area contributed by atoms with Crippen molar-refractivity contribution in [2.24, 2.45) is 5.92 Å². The lowest BCUT2D eigenvalue weighted by molar-refractivity contribution is 0.134. The molecule has 1 fully saturated rings. The van der Waals surface area contributed by atoms with Gasteiger partial charge < -0.3 is 5.32 Å². The molecule has 0 saturated carbocycles. The minimum Gasteiger partial charge on any atom is -0.314 e. The molecule has 1 aliphatic heterocycles. The Balaban J connectivity index is 2.04. The minimum atomic E-state index is 0.690. The van der Waals surface area contributed by atoms with Crippen LogP contribution in [0.5, 0.6) is 0 Å². The predicted molar refractivity (Wildman–Crippen MR) is 82.4 cm³/mol. The maximum atomic E-state index is 3.53. The summed E-state index contributed by atoms with van der Waals surface area (Å²) in [6.07, 6.45) is 1.29. The Kier molecular flexibility index (Phi) is 5.00. The molecule has 1 aromatic carbocycles. The molecule has 2 rings (SSSR count). The Labute approximate surface area is 118 Å². The summed E-state index contributed by atoms with van der Waals surface area (Å²) in [5.41, 5.74) is 4.26. The highest BCUT2D eigenvalue weighted by molar-refractivity contribution is 5.29. The average molecular weight is 260 g/mol. The van der Waals surface area contributed by atoms with E-state index in [1.165, 1.54) is 29.7 Å². The SMILES string of the molecule is Cc1ccc(CN2CCNCC2CC(C)C)cc1C. The van der Waals surface area contributed by atoms with E-state index in [1.54, 1.807) is 0 Å². The van der Waals surface area contributed by atoms with E-state index in [9.17, 15) is 0 Å². The predicted octanol–water partition coefficient (Wildman–Crippen LogP) is 3.12. The van der Waals surface area contributed by atoms with E-state index in [-0.39, 0.29) is 0 Å². The van der Waals surface area contributed by atoms with E-state index < -0.39 is 0 Å². The second-order valence-electron chi connectivity index (χ2n) is 6.38. The molecule has 2 heteroatoms. The molecule has 106 valence electrons. The Morgan fingerprint density at radius 1 is 1.26 bits per heavy atom. The van der Waals surface area contributed by atoms with Gasteiger partial charge in [-0.2, -0.15) is 0 Å². The van der Waals surface area contributed by atoms with Gasteiger partial charge >= 0.3 is 0 Å². The average Bonchev–Trinajstić information content (AvgIpc) is 2.36. The first-order chi connectivity index (χ1) is 9.06. The van der Waals surface area contributed by atoms with Gasteiger partial charge in [-0.1, -0.05) is 32.0 Å². The molecule has 0 radical (unpaired) electrons. The summed E-state index contributed by atoms with van der Waals surface area (Å²) in [5.74, 6) is 0.771. The van der Waals surface area contributed by atoms with Crippen molar-refractivity contribution in [3.05, 3.63) is 34.9 Å². The highest BCUT2D eigenvalue weighted by Gasteiger charge is 2.22. The second-order valence-corrected chi connectivity index (χ2v) is 6.38. The Morgan fingerprint density at radius 3 is 2.74 bits per heavy atom. The maximum Gasteiger partial charge on any atom is 0.0237 e. The zero-order valence-corrected chi connectivity index (χ0v) is 12.9. The van der Waals surface area contributed by atoms with Crippen LogP contribution in [0.25, 0.3) is 0 Å². The fraction of sp³-hybridized carbons (Fsp3) is 0.647. The third-order valence-electron chi connectivity index (χ3n) is 4.17. The van der Waals surface area contributed by atoms with Gasteiger partial charge in [0.1, 0.15) is 0 Å². The van der Waals surface area contributed by atoms with Crippen molar-refractivity contribution in [1.29, 1.82) is 0 Å². The summed E-state index contributed by atoms with van der Waals surface area (Å²) >= 11 is 0. The number of aryl methyl sites for hydroxylation is 2. The molecule has 1 N–H and O–H groups in total. The molecule has 2 nitrogen and oxygen atoms in total. The number of hydrogen-bond donors (Lipinski definition) is 1. The lowest BCUT2D eigenvalue weighted by atomic mass is 9.99. The number of hydrogen-bond acceptors (Lipinski definition) is 2. The van der Waals surface area contributed by atoms with Gasteiger partial charge in [0.25, 0.3) is 0 Å². The van der Waals surface area contributed by atoms with Crippen LogP contribution in [0.1, 0.15) is 37.0 Å². The fourth-order valence-electron chi connectivity index (χ4n) is 2.92. The molecule has 1 atom stereocenters. The summed E-state index contributed by atoms with van der Waals surface area (Å²) in [6, 6.07) is 7.58. The van der Waals surface area contributed by atoms with Crippen molar-refractivity contribution in [3.8, 4) is 0 Å². The number of piperazine rings is 1. The summed E-state index contributed by atoms with van der Waals surface area (Å²) in [4.78, 5) is 2.65. The number of nitrogens with zero attached hydrogens (tertiary/aromatic N) is 1. The Morgan fingerprint density at radius 2 is 2.05 bits per heavy atom. The summed E-state index contributed by atoms with van der Waals surface area (Å²) in [6.45, 7) is 13.6. The molecule has 0 aromatic heterocycles. The molecule has 1 aromatic rings. The largest absolute Gasteiger partial charge is 0.314 e. The van der Waals surface area contributed by atoms with Gasteiger partial charge in [-0.05, 0) is 42.9 Å². The van der Waals surface area contributed by atoms with Crippen molar-refractivity contribution in [3.63, 3.8) is 0 Å². The highest BCUT2D eigenvalue weighted by atomic mass is 15.2. The third kappa shape index (κ3) is 4.05. The topological polar surface area (TPSA) is 15.3 Å². The van der Waals surface area contributed by atoms with Crippen LogP contribution in [-0.2, 0) is 6.54 Å². The first kappa shape index (κ1) is 14.5. The standard InChI is InChI=1S/C17H28N2/c1-13(2)9-17-11-18-7-8-19(17)12-16-6-5-14(3)15(4)10-16/h5-6,10,13,17-18H,7-9,11-12H2,1-4H3. The maximum absolute atomic E-state index is 3.53. The smallest absolute Gasteiger partial charge is 0.0237 e. The van der Waals surface area contributed by atoms with Crippen molar-refractivity contribution >= 4 is 0 Å². The summed E-state index contributed by atoms with van der Waals surface area (Å²) in [7, 11) is 0. The van der Waals surface area contributed by atoms with Gasteiger partial charge in [-0.3, -0.25) is 4.90 Å². The highest BCUT2D eigenvalue weighted by Crippen LogP contribution is 2.18. The Bertz CT molecular complexity index is 412. The Hall–Kier alpha value is -0.860. The van der Waals surface area contributed by atoms with E-state index >= 15 is 0 Å². The van der Waals surface area contributed by atoms with Crippen LogP contribution in [-0.4, -0.2) is 30.6 Å². The normalized spacial score (nSPS) is 21.0. The minimum absolute atomic E-state index is 0.690.